The first kappa shape index (κ1) is 16.8. The summed E-state index contributed by atoms with van der Waals surface area (Å²) in [4.78, 5) is 8.80. The number of nitrogens with zero attached hydrogens (tertiary/aromatic N) is 2. The molecule has 2 N–H and O–H groups in total. The van der Waals surface area contributed by atoms with Crippen LogP contribution in [-0.2, 0) is 6.54 Å². The molecule has 1 aliphatic carbocycles. The highest BCUT2D eigenvalue weighted by atomic mass is 35.5. The average molecular weight is 343 g/mol. The second-order valence-corrected chi connectivity index (χ2v) is 6.47. The Bertz CT molecular complexity index is 682. The maximum atomic E-state index is 5.90. The van der Waals surface area contributed by atoms with Gasteiger partial charge in [-0.15, -0.1) is 0 Å². The van der Waals surface area contributed by atoms with Gasteiger partial charge in [0.1, 0.15) is 5.82 Å². The molecule has 0 amide bonds. The summed E-state index contributed by atoms with van der Waals surface area (Å²) < 4.78 is 0. The van der Waals surface area contributed by atoms with Gasteiger partial charge in [0.05, 0.1) is 0 Å². The smallest absolute Gasteiger partial charge is 0.224 e. The van der Waals surface area contributed by atoms with Gasteiger partial charge in [-0.05, 0) is 55.9 Å². The number of benzene rings is 1. The molecule has 1 aromatic carbocycles. The molecule has 0 fully saturated rings. The Balaban J connectivity index is 1.48. The first-order valence-electron chi connectivity index (χ1n) is 8.53. The van der Waals surface area contributed by atoms with Gasteiger partial charge in [-0.25, -0.2) is 4.98 Å². The standard InChI is InChI=1S/C19H23ClN4/c20-17-8-6-16(7-9-17)14-23-18-11-13-22-19(24-18)21-12-10-15-4-2-1-3-5-15/h4,6-9,11,13H,1-3,5,10,12,14H2,(H2,21,22,23,24). The molecule has 126 valence electrons. The molecule has 3 rings (SSSR count). The minimum Gasteiger partial charge on any atom is -0.366 e. The van der Waals surface area contributed by atoms with Crippen LogP contribution in [0.25, 0.3) is 0 Å². The quantitative estimate of drug-likeness (QED) is 0.692. The van der Waals surface area contributed by atoms with E-state index < -0.39 is 0 Å². The summed E-state index contributed by atoms with van der Waals surface area (Å²) in [6.45, 7) is 1.59. The molecule has 1 aliphatic rings. The van der Waals surface area contributed by atoms with Crippen LogP contribution in [0.2, 0.25) is 5.02 Å². The molecule has 24 heavy (non-hydrogen) atoms. The zero-order valence-electron chi connectivity index (χ0n) is 13.8. The van der Waals surface area contributed by atoms with Gasteiger partial charge >= 0.3 is 0 Å². The van der Waals surface area contributed by atoms with E-state index in [1.807, 2.05) is 30.3 Å². The van der Waals surface area contributed by atoms with Crippen molar-refractivity contribution in [3.63, 3.8) is 0 Å². The predicted octanol–water partition coefficient (Wildman–Crippen LogP) is 5.04. The zero-order chi connectivity index (χ0) is 16.6. The maximum Gasteiger partial charge on any atom is 0.224 e. The fourth-order valence-electron chi connectivity index (χ4n) is 2.80. The Kier molecular flexibility index (Phi) is 6.07. The number of anilines is 2. The molecule has 2 aromatic rings. The number of hydrogen-bond acceptors (Lipinski definition) is 4. The first-order valence-corrected chi connectivity index (χ1v) is 8.90. The molecule has 0 radical (unpaired) electrons. The van der Waals surface area contributed by atoms with Crippen LogP contribution in [0.15, 0.2) is 48.2 Å². The lowest BCUT2D eigenvalue weighted by molar-refractivity contribution is 0.679. The minimum absolute atomic E-state index is 0.674. The van der Waals surface area contributed by atoms with E-state index in [2.05, 4.69) is 26.7 Å². The Morgan fingerprint density at radius 3 is 2.71 bits per heavy atom. The third-order valence-electron chi connectivity index (χ3n) is 4.16. The fraction of sp³-hybridized carbons (Fsp3) is 0.368. The van der Waals surface area contributed by atoms with E-state index in [1.165, 1.54) is 25.7 Å². The highest BCUT2D eigenvalue weighted by Gasteiger charge is 2.04. The molecule has 0 bridgehead atoms. The lowest BCUT2D eigenvalue weighted by atomic mass is 9.97. The van der Waals surface area contributed by atoms with E-state index in [9.17, 15) is 0 Å². The molecule has 1 aromatic heterocycles. The lowest BCUT2D eigenvalue weighted by Gasteiger charge is -2.13. The summed E-state index contributed by atoms with van der Waals surface area (Å²) in [6, 6.07) is 9.68. The summed E-state index contributed by atoms with van der Waals surface area (Å²) in [7, 11) is 0. The van der Waals surface area contributed by atoms with Gasteiger partial charge in [-0.2, -0.15) is 4.98 Å². The molecule has 0 saturated carbocycles. The van der Waals surface area contributed by atoms with Gasteiger partial charge in [-0.3, -0.25) is 0 Å². The van der Waals surface area contributed by atoms with Gasteiger partial charge < -0.3 is 10.6 Å². The summed E-state index contributed by atoms with van der Waals surface area (Å²) in [6.07, 6.45) is 10.4. The molecule has 5 heteroatoms. The summed E-state index contributed by atoms with van der Waals surface area (Å²) >= 11 is 5.90. The van der Waals surface area contributed by atoms with Crippen molar-refractivity contribution in [2.24, 2.45) is 0 Å². The highest BCUT2D eigenvalue weighted by molar-refractivity contribution is 6.30. The minimum atomic E-state index is 0.674. The molecule has 0 atom stereocenters. The van der Waals surface area contributed by atoms with E-state index in [1.54, 1.807) is 11.8 Å². The van der Waals surface area contributed by atoms with E-state index in [0.29, 0.717) is 12.5 Å². The van der Waals surface area contributed by atoms with E-state index in [-0.39, 0.29) is 0 Å². The van der Waals surface area contributed by atoms with Crippen LogP contribution in [0.4, 0.5) is 11.8 Å². The van der Waals surface area contributed by atoms with Gasteiger partial charge in [0.15, 0.2) is 0 Å². The summed E-state index contributed by atoms with van der Waals surface area (Å²) in [5.74, 6) is 1.49. The van der Waals surface area contributed by atoms with E-state index >= 15 is 0 Å². The largest absolute Gasteiger partial charge is 0.366 e. The van der Waals surface area contributed by atoms with Gasteiger partial charge in [0, 0.05) is 24.3 Å². The maximum absolute atomic E-state index is 5.90. The topological polar surface area (TPSA) is 49.8 Å². The van der Waals surface area contributed by atoms with Crippen molar-refractivity contribution in [1.29, 1.82) is 0 Å². The fourth-order valence-corrected chi connectivity index (χ4v) is 2.93. The van der Waals surface area contributed by atoms with Gasteiger partial charge in [0.25, 0.3) is 0 Å². The number of aromatic nitrogens is 2. The second-order valence-electron chi connectivity index (χ2n) is 6.03. The Hall–Kier alpha value is -2.07. The van der Waals surface area contributed by atoms with Crippen LogP contribution in [0.1, 0.15) is 37.7 Å². The molecule has 0 saturated heterocycles. The van der Waals surface area contributed by atoms with Crippen LogP contribution < -0.4 is 10.6 Å². The SMILES string of the molecule is Clc1ccc(CNc2ccnc(NCCC3=CCCCC3)n2)cc1. The average Bonchev–Trinajstić information content (AvgIpc) is 2.63. The van der Waals surface area contributed by atoms with Crippen LogP contribution in [0.5, 0.6) is 0 Å². The Morgan fingerprint density at radius 1 is 1.04 bits per heavy atom. The monoisotopic (exact) mass is 342 g/mol. The molecule has 1 heterocycles. The first-order chi connectivity index (χ1) is 11.8. The third-order valence-corrected chi connectivity index (χ3v) is 4.41. The number of allylic oxidation sites excluding steroid dienone is 1. The predicted molar refractivity (Wildman–Crippen MR) is 100 cm³/mol. The highest BCUT2D eigenvalue weighted by Crippen LogP contribution is 2.20. The van der Waals surface area contributed by atoms with Crippen LogP contribution in [0.3, 0.4) is 0 Å². The van der Waals surface area contributed by atoms with Crippen molar-refractivity contribution in [2.45, 2.75) is 38.6 Å². The van der Waals surface area contributed by atoms with Crippen molar-refractivity contribution in [3.05, 3.63) is 58.8 Å². The van der Waals surface area contributed by atoms with Crippen molar-refractivity contribution in [1.82, 2.24) is 9.97 Å². The lowest BCUT2D eigenvalue weighted by Crippen LogP contribution is -2.09. The molecule has 4 nitrogen and oxygen atoms in total. The van der Waals surface area contributed by atoms with Crippen LogP contribution in [-0.4, -0.2) is 16.5 Å². The van der Waals surface area contributed by atoms with E-state index in [0.717, 1.165) is 29.4 Å². The van der Waals surface area contributed by atoms with Gasteiger partial charge in [0.2, 0.25) is 5.95 Å². The molecular formula is C19H23ClN4. The third kappa shape index (κ3) is 5.24. The van der Waals surface area contributed by atoms with E-state index in [4.69, 9.17) is 11.6 Å². The molecule has 0 aliphatic heterocycles. The summed E-state index contributed by atoms with van der Waals surface area (Å²) in [5.41, 5.74) is 2.72. The zero-order valence-corrected chi connectivity index (χ0v) is 14.5. The Morgan fingerprint density at radius 2 is 1.92 bits per heavy atom. The second kappa shape index (κ2) is 8.69. The van der Waals surface area contributed by atoms with Crippen molar-refractivity contribution >= 4 is 23.4 Å². The van der Waals surface area contributed by atoms with Crippen molar-refractivity contribution < 1.29 is 0 Å². The van der Waals surface area contributed by atoms with Crippen molar-refractivity contribution in [2.75, 3.05) is 17.2 Å². The van der Waals surface area contributed by atoms with Gasteiger partial charge in [-0.1, -0.05) is 35.4 Å². The number of halogens is 1. The number of nitrogens with one attached hydrogen (secondary N) is 2. The normalized spacial score (nSPS) is 14.1. The molecular weight excluding hydrogens is 320 g/mol. The molecule has 0 unspecified atom stereocenters. The molecule has 0 spiro atoms. The Labute approximate surface area is 148 Å². The van der Waals surface area contributed by atoms with Crippen LogP contribution in [0, 0.1) is 0 Å². The van der Waals surface area contributed by atoms with Crippen LogP contribution >= 0.6 is 11.6 Å². The number of hydrogen-bond donors (Lipinski definition) is 2. The number of rotatable bonds is 7. The summed E-state index contributed by atoms with van der Waals surface area (Å²) in [5, 5.41) is 7.38. The van der Waals surface area contributed by atoms with Crippen molar-refractivity contribution in [3.8, 4) is 0 Å².